The van der Waals surface area contributed by atoms with Gasteiger partial charge in [-0.05, 0) is 43.1 Å². The molecule has 0 bridgehead atoms. The fraction of sp³-hybridized carbons (Fsp3) is 0.409. The molecular weight excluding hydrogens is 447 g/mol. The zero-order valence-corrected chi connectivity index (χ0v) is 19.3. The molecule has 1 aliphatic heterocycles. The number of hydrogen-bond donors (Lipinski definition) is 1. The van der Waals surface area contributed by atoms with Crippen molar-refractivity contribution in [1.29, 1.82) is 0 Å². The molecule has 30 heavy (non-hydrogen) atoms. The Bertz CT molecular complexity index is 848. The third-order valence-electron chi connectivity index (χ3n) is 4.90. The number of likely N-dealkylation sites (tertiary alicyclic amines) is 1. The van der Waals surface area contributed by atoms with E-state index in [1.807, 2.05) is 41.3 Å². The van der Waals surface area contributed by atoms with Crippen molar-refractivity contribution in [3.8, 4) is 11.5 Å². The van der Waals surface area contributed by atoms with Gasteiger partial charge in [0.2, 0.25) is 5.91 Å². The molecule has 0 atom stereocenters. The highest BCUT2D eigenvalue weighted by Crippen LogP contribution is 2.37. The molecule has 1 saturated heterocycles. The summed E-state index contributed by atoms with van der Waals surface area (Å²) in [6.45, 7) is 3.50. The Morgan fingerprint density at radius 1 is 1.17 bits per heavy atom. The smallest absolute Gasteiger partial charge is 0.222 e. The minimum Gasteiger partial charge on any atom is -0.493 e. The maximum Gasteiger partial charge on any atom is 0.222 e. The topological polar surface area (TPSA) is 50.8 Å². The first-order chi connectivity index (χ1) is 14.1. The third kappa shape index (κ3) is 6.67. The Hall–Kier alpha value is -1.66. The molecule has 1 amide bonds. The van der Waals surface area contributed by atoms with Crippen LogP contribution in [0.25, 0.3) is 0 Å². The number of ether oxygens (including phenoxy) is 2. The van der Waals surface area contributed by atoms with Gasteiger partial charge in [-0.3, -0.25) is 4.79 Å². The first-order valence-corrected chi connectivity index (χ1v) is 10.5. The van der Waals surface area contributed by atoms with Crippen LogP contribution in [0, 0.1) is 0 Å². The largest absolute Gasteiger partial charge is 0.493 e. The molecule has 0 saturated carbocycles. The molecule has 164 valence electrons. The molecule has 1 N–H and O–H groups in total. The van der Waals surface area contributed by atoms with Gasteiger partial charge in [0.25, 0.3) is 0 Å². The van der Waals surface area contributed by atoms with E-state index in [9.17, 15) is 4.79 Å². The standard InChI is InChI=1S/C22H26Cl2N2O3.ClH/c1-28-20-13-16(14-25-9-5-11-26-10-4-8-21(26)27)12-19(24)22(20)29-15-17-6-2-3-7-18(17)23;/h2-3,6-7,12-13,25H,4-5,8-11,14-15H2,1H3;1H. The lowest BCUT2D eigenvalue weighted by molar-refractivity contribution is -0.127. The van der Waals surface area contributed by atoms with Crippen molar-refractivity contribution < 1.29 is 14.3 Å². The normalized spacial score (nSPS) is 13.3. The van der Waals surface area contributed by atoms with Crippen LogP contribution in [-0.2, 0) is 17.9 Å². The molecule has 0 aromatic heterocycles. The van der Waals surface area contributed by atoms with Crippen LogP contribution in [0.1, 0.15) is 30.4 Å². The zero-order chi connectivity index (χ0) is 20.6. The minimum atomic E-state index is 0. The van der Waals surface area contributed by atoms with Gasteiger partial charge in [0.05, 0.1) is 12.1 Å². The molecule has 0 spiro atoms. The van der Waals surface area contributed by atoms with Crippen LogP contribution < -0.4 is 14.8 Å². The second kappa shape index (κ2) is 12.3. The van der Waals surface area contributed by atoms with E-state index < -0.39 is 0 Å². The van der Waals surface area contributed by atoms with Crippen LogP contribution >= 0.6 is 35.6 Å². The van der Waals surface area contributed by atoms with Gasteiger partial charge in [-0.15, -0.1) is 12.4 Å². The van der Waals surface area contributed by atoms with Crippen LogP contribution in [-0.4, -0.2) is 37.6 Å². The number of hydrogen-bond acceptors (Lipinski definition) is 4. The molecule has 1 fully saturated rings. The Morgan fingerprint density at radius 3 is 2.67 bits per heavy atom. The van der Waals surface area contributed by atoms with Gasteiger partial charge in [0, 0.05) is 36.6 Å². The molecular formula is C22H27Cl3N2O3. The molecule has 3 rings (SSSR count). The van der Waals surface area contributed by atoms with Crippen LogP contribution in [0.5, 0.6) is 11.5 Å². The number of benzene rings is 2. The maximum atomic E-state index is 11.6. The fourth-order valence-corrected chi connectivity index (χ4v) is 3.83. The highest BCUT2D eigenvalue weighted by molar-refractivity contribution is 6.32. The van der Waals surface area contributed by atoms with Gasteiger partial charge >= 0.3 is 0 Å². The monoisotopic (exact) mass is 472 g/mol. The first-order valence-electron chi connectivity index (χ1n) is 9.79. The van der Waals surface area contributed by atoms with Crippen molar-refractivity contribution in [3.63, 3.8) is 0 Å². The first kappa shape index (κ1) is 24.6. The summed E-state index contributed by atoms with van der Waals surface area (Å²) in [5.74, 6) is 1.36. The summed E-state index contributed by atoms with van der Waals surface area (Å²) in [6, 6.07) is 11.3. The maximum absolute atomic E-state index is 11.6. The molecule has 1 heterocycles. The average Bonchev–Trinajstić information content (AvgIpc) is 3.12. The summed E-state index contributed by atoms with van der Waals surface area (Å²) in [5, 5.41) is 4.54. The van der Waals surface area contributed by atoms with Crippen molar-refractivity contribution >= 4 is 41.5 Å². The molecule has 2 aromatic rings. The van der Waals surface area contributed by atoms with Gasteiger partial charge in [0.1, 0.15) is 6.61 Å². The number of methoxy groups -OCH3 is 1. The second-order valence-corrected chi connectivity index (χ2v) is 7.82. The molecule has 0 aliphatic carbocycles. The summed E-state index contributed by atoms with van der Waals surface area (Å²) >= 11 is 12.6. The van der Waals surface area contributed by atoms with Crippen molar-refractivity contribution in [1.82, 2.24) is 10.2 Å². The molecule has 0 unspecified atom stereocenters. The van der Waals surface area contributed by atoms with Gasteiger partial charge in [0.15, 0.2) is 11.5 Å². The van der Waals surface area contributed by atoms with E-state index in [0.717, 1.165) is 43.6 Å². The van der Waals surface area contributed by atoms with E-state index in [4.69, 9.17) is 32.7 Å². The van der Waals surface area contributed by atoms with Crippen LogP contribution in [0.4, 0.5) is 0 Å². The quantitative estimate of drug-likeness (QED) is 0.488. The number of nitrogens with one attached hydrogen (secondary N) is 1. The van der Waals surface area contributed by atoms with E-state index in [-0.39, 0.29) is 18.3 Å². The van der Waals surface area contributed by atoms with Gasteiger partial charge < -0.3 is 19.7 Å². The predicted molar refractivity (Wildman–Crippen MR) is 123 cm³/mol. The van der Waals surface area contributed by atoms with E-state index in [0.29, 0.717) is 41.1 Å². The van der Waals surface area contributed by atoms with E-state index >= 15 is 0 Å². The highest BCUT2D eigenvalue weighted by Gasteiger charge is 2.19. The molecule has 2 aromatic carbocycles. The van der Waals surface area contributed by atoms with Gasteiger partial charge in [-0.25, -0.2) is 0 Å². The van der Waals surface area contributed by atoms with Crippen LogP contribution in [0.15, 0.2) is 36.4 Å². The lowest BCUT2D eigenvalue weighted by Gasteiger charge is -2.16. The van der Waals surface area contributed by atoms with Gasteiger partial charge in [-0.1, -0.05) is 41.4 Å². The summed E-state index contributed by atoms with van der Waals surface area (Å²) in [4.78, 5) is 13.6. The van der Waals surface area contributed by atoms with Crippen molar-refractivity contribution in [2.45, 2.75) is 32.4 Å². The summed E-state index contributed by atoms with van der Waals surface area (Å²) in [7, 11) is 1.60. The summed E-state index contributed by atoms with van der Waals surface area (Å²) < 4.78 is 11.4. The number of amides is 1. The number of carbonyl (C=O) groups excluding carboxylic acids is 1. The Labute approximate surface area is 194 Å². The third-order valence-corrected chi connectivity index (χ3v) is 5.55. The molecule has 1 aliphatic rings. The highest BCUT2D eigenvalue weighted by atomic mass is 35.5. The molecule has 0 radical (unpaired) electrons. The second-order valence-electron chi connectivity index (χ2n) is 7.00. The average molecular weight is 474 g/mol. The van der Waals surface area contributed by atoms with Gasteiger partial charge in [-0.2, -0.15) is 0 Å². The minimum absolute atomic E-state index is 0. The summed E-state index contributed by atoms with van der Waals surface area (Å²) in [5.41, 5.74) is 1.89. The fourth-order valence-electron chi connectivity index (χ4n) is 3.35. The number of nitrogens with zero attached hydrogens (tertiary/aromatic N) is 1. The Balaban J connectivity index is 0.00000320. The van der Waals surface area contributed by atoms with E-state index in [2.05, 4.69) is 5.32 Å². The lowest BCUT2D eigenvalue weighted by Crippen LogP contribution is -2.28. The van der Waals surface area contributed by atoms with Crippen molar-refractivity contribution in [2.75, 3.05) is 26.7 Å². The SMILES string of the molecule is COc1cc(CNCCCN2CCCC2=O)cc(Cl)c1OCc1ccccc1Cl.Cl. The van der Waals surface area contributed by atoms with Crippen LogP contribution in [0.3, 0.4) is 0 Å². The summed E-state index contributed by atoms with van der Waals surface area (Å²) in [6.07, 6.45) is 2.60. The number of halogens is 3. The molecule has 8 heteroatoms. The van der Waals surface area contributed by atoms with Crippen molar-refractivity contribution in [3.05, 3.63) is 57.6 Å². The lowest BCUT2D eigenvalue weighted by atomic mass is 10.2. The zero-order valence-electron chi connectivity index (χ0n) is 17.0. The van der Waals surface area contributed by atoms with Crippen LogP contribution in [0.2, 0.25) is 10.0 Å². The number of rotatable bonds is 10. The predicted octanol–water partition coefficient (Wildman–Crippen LogP) is 5.10. The van der Waals surface area contributed by atoms with E-state index in [1.54, 1.807) is 7.11 Å². The Morgan fingerprint density at radius 2 is 1.97 bits per heavy atom. The van der Waals surface area contributed by atoms with E-state index in [1.165, 1.54) is 0 Å². The van der Waals surface area contributed by atoms with Crippen molar-refractivity contribution in [2.24, 2.45) is 0 Å². The number of carbonyl (C=O) groups is 1. The molecule has 5 nitrogen and oxygen atoms in total. The Kier molecular flexibility index (Phi) is 10.1.